The first-order valence-corrected chi connectivity index (χ1v) is 6.33. The quantitative estimate of drug-likeness (QED) is 0.830. The van der Waals surface area contributed by atoms with Crippen LogP contribution >= 0.6 is 0 Å². The molecule has 2 aromatic rings. The summed E-state index contributed by atoms with van der Waals surface area (Å²) in [4.78, 5) is 12.5. The van der Waals surface area contributed by atoms with Crippen molar-refractivity contribution in [3.8, 4) is 0 Å². The normalized spacial score (nSPS) is 24.5. The molecule has 0 aromatic carbocycles. The van der Waals surface area contributed by atoms with E-state index in [1.54, 1.807) is 6.33 Å². The van der Waals surface area contributed by atoms with Crippen LogP contribution in [0.4, 0.5) is 5.82 Å². The molecule has 3 rings (SSSR count). The number of rotatable bonds is 2. The van der Waals surface area contributed by atoms with Gasteiger partial charge in [-0.1, -0.05) is 6.42 Å². The summed E-state index contributed by atoms with van der Waals surface area (Å²) in [5, 5.41) is 9.29. The second kappa shape index (κ2) is 4.53. The summed E-state index contributed by atoms with van der Waals surface area (Å²) in [6, 6.07) is 0.357. The molecule has 0 amide bonds. The number of aromatic nitrogens is 4. The molecule has 2 heterocycles. The lowest BCUT2D eigenvalue weighted by Crippen LogP contribution is -2.21. The molecular formula is C12H17N5O. The number of hydrogen-bond acceptors (Lipinski definition) is 5. The number of hydrogen-bond donors (Lipinski definition) is 2. The van der Waals surface area contributed by atoms with Gasteiger partial charge in [0.2, 0.25) is 0 Å². The van der Waals surface area contributed by atoms with Crippen LogP contribution in [-0.4, -0.2) is 31.2 Å². The van der Waals surface area contributed by atoms with Gasteiger partial charge >= 0.3 is 0 Å². The SMILES string of the molecule is Nc1ncnc2c1ncn2[C@H]1CCC[C@@H](CO)C1. The molecule has 1 saturated carbocycles. The summed E-state index contributed by atoms with van der Waals surface area (Å²) >= 11 is 0. The largest absolute Gasteiger partial charge is 0.396 e. The van der Waals surface area contributed by atoms with Crippen LogP contribution in [-0.2, 0) is 0 Å². The lowest BCUT2D eigenvalue weighted by Gasteiger charge is -2.28. The molecule has 3 N–H and O–H groups in total. The second-order valence-corrected chi connectivity index (χ2v) is 4.95. The van der Waals surface area contributed by atoms with Crippen molar-refractivity contribution in [2.24, 2.45) is 5.92 Å². The highest BCUT2D eigenvalue weighted by Crippen LogP contribution is 2.34. The van der Waals surface area contributed by atoms with Crippen molar-refractivity contribution < 1.29 is 5.11 Å². The Kier molecular flexibility index (Phi) is 2.87. The van der Waals surface area contributed by atoms with Gasteiger partial charge in [-0.25, -0.2) is 15.0 Å². The van der Waals surface area contributed by atoms with Crippen LogP contribution in [0.25, 0.3) is 11.2 Å². The Labute approximate surface area is 105 Å². The van der Waals surface area contributed by atoms with Crippen molar-refractivity contribution in [2.75, 3.05) is 12.3 Å². The third-order valence-electron chi connectivity index (χ3n) is 3.79. The maximum Gasteiger partial charge on any atom is 0.165 e. The number of imidazole rings is 1. The number of aliphatic hydroxyl groups is 1. The van der Waals surface area contributed by atoms with Crippen LogP contribution in [0.1, 0.15) is 31.7 Å². The van der Waals surface area contributed by atoms with Crippen LogP contribution in [0.15, 0.2) is 12.7 Å². The first kappa shape index (κ1) is 11.4. The highest BCUT2D eigenvalue weighted by Gasteiger charge is 2.24. The van der Waals surface area contributed by atoms with E-state index in [-0.39, 0.29) is 6.61 Å². The molecule has 0 saturated heterocycles. The van der Waals surface area contributed by atoms with E-state index in [4.69, 9.17) is 5.73 Å². The van der Waals surface area contributed by atoms with Crippen molar-refractivity contribution in [3.05, 3.63) is 12.7 Å². The van der Waals surface area contributed by atoms with E-state index in [0.29, 0.717) is 23.3 Å². The molecule has 0 aliphatic heterocycles. The summed E-state index contributed by atoms with van der Waals surface area (Å²) in [5.41, 5.74) is 7.25. The molecule has 6 heteroatoms. The molecule has 0 spiro atoms. The standard InChI is InChI=1S/C12H17N5O/c13-11-10-12(15-6-14-11)17(7-16-10)9-3-1-2-8(4-9)5-18/h6-9,18H,1-5H2,(H2,13,14,15)/t8-,9+/m1/s1. The molecule has 0 radical (unpaired) electrons. The molecule has 6 nitrogen and oxygen atoms in total. The van der Waals surface area contributed by atoms with E-state index < -0.39 is 0 Å². The molecule has 18 heavy (non-hydrogen) atoms. The smallest absolute Gasteiger partial charge is 0.165 e. The Balaban J connectivity index is 1.96. The monoisotopic (exact) mass is 247 g/mol. The first-order valence-electron chi connectivity index (χ1n) is 6.33. The van der Waals surface area contributed by atoms with Crippen molar-refractivity contribution in [2.45, 2.75) is 31.7 Å². The van der Waals surface area contributed by atoms with Gasteiger partial charge in [0.15, 0.2) is 11.5 Å². The number of anilines is 1. The Morgan fingerprint density at radius 3 is 3.06 bits per heavy atom. The third-order valence-corrected chi connectivity index (χ3v) is 3.79. The van der Waals surface area contributed by atoms with Crippen LogP contribution in [0.5, 0.6) is 0 Å². The van der Waals surface area contributed by atoms with E-state index in [1.165, 1.54) is 6.33 Å². The lowest BCUT2D eigenvalue weighted by molar-refractivity contribution is 0.163. The summed E-state index contributed by atoms with van der Waals surface area (Å²) in [7, 11) is 0. The molecule has 1 aliphatic carbocycles. The predicted octanol–water partition coefficient (Wildman–Crippen LogP) is 1.13. The highest BCUT2D eigenvalue weighted by molar-refractivity contribution is 5.81. The van der Waals surface area contributed by atoms with Crippen LogP contribution < -0.4 is 5.73 Å². The number of nitrogens with zero attached hydrogens (tertiary/aromatic N) is 4. The molecule has 2 aromatic heterocycles. The Morgan fingerprint density at radius 2 is 2.22 bits per heavy atom. The minimum atomic E-state index is 0.264. The number of nitrogen functional groups attached to an aromatic ring is 1. The average Bonchev–Trinajstić information content (AvgIpc) is 2.84. The van der Waals surface area contributed by atoms with Crippen molar-refractivity contribution in [1.29, 1.82) is 0 Å². The third kappa shape index (κ3) is 1.82. The van der Waals surface area contributed by atoms with Crippen LogP contribution in [0, 0.1) is 5.92 Å². The summed E-state index contributed by atoms with van der Waals surface area (Å²) in [6.07, 6.45) is 7.59. The molecule has 0 bridgehead atoms. The highest BCUT2D eigenvalue weighted by atomic mass is 16.3. The zero-order chi connectivity index (χ0) is 12.5. The van der Waals surface area contributed by atoms with Gasteiger partial charge < -0.3 is 15.4 Å². The molecule has 0 unspecified atom stereocenters. The average molecular weight is 247 g/mol. The topological polar surface area (TPSA) is 89.9 Å². The summed E-state index contributed by atoms with van der Waals surface area (Å²) < 4.78 is 2.08. The second-order valence-electron chi connectivity index (χ2n) is 4.95. The maximum absolute atomic E-state index is 9.29. The van der Waals surface area contributed by atoms with E-state index >= 15 is 0 Å². The van der Waals surface area contributed by atoms with E-state index in [1.807, 2.05) is 0 Å². The molecule has 96 valence electrons. The Hall–Kier alpha value is -1.69. The zero-order valence-corrected chi connectivity index (χ0v) is 10.2. The molecular weight excluding hydrogens is 230 g/mol. The van der Waals surface area contributed by atoms with E-state index in [9.17, 15) is 5.11 Å². The lowest BCUT2D eigenvalue weighted by atomic mass is 9.86. The van der Waals surface area contributed by atoms with Crippen LogP contribution in [0.2, 0.25) is 0 Å². The van der Waals surface area contributed by atoms with Gasteiger partial charge in [0.25, 0.3) is 0 Å². The minimum absolute atomic E-state index is 0.264. The van der Waals surface area contributed by atoms with E-state index in [2.05, 4.69) is 19.5 Å². The molecule has 2 atom stereocenters. The van der Waals surface area contributed by atoms with Gasteiger partial charge in [-0.3, -0.25) is 0 Å². The number of nitrogens with two attached hydrogens (primary N) is 1. The van der Waals surface area contributed by atoms with Gasteiger partial charge in [0, 0.05) is 12.6 Å². The van der Waals surface area contributed by atoms with Gasteiger partial charge in [0.1, 0.15) is 11.8 Å². The fourth-order valence-corrected chi connectivity index (χ4v) is 2.82. The fourth-order valence-electron chi connectivity index (χ4n) is 2.82. The number of fused-ring (bicyclic) bond motifs is 1. The minimum Gasteiger partial charge on any atom is -0.396 e. The van der Waals surface area contributed by atoms with Crippen molar-refractivity contribution in [3.63, 3.8) is 0 Å². The first-order chi connectivity index (χ1) is 8.79. The Bertz CT molecular complexity index is 552. The zero-order valence-electron chi connectivity index (χ0n) is 10.2. The van der Waals surface area contributed by atoms with Crippen molar-refractivity contribution >= 4 is 17.0 Å². The summed E-state index contributed by atoms with van der Waals surface area (Å²) in [5.74, 6) is 0.814. The number of aliphatic hydroxyl groups excluding tert-OH is 1. The van der Waals surface area contributed by atoms with Gasteiger partial charge in [0.05, 0.1) is 6.33 Å². The van der Waals surface area contributed by atoms with E-state index in [0.717, 1.165) is 31.3 Å². The predicted molar refractivity (Wildman–Crippen MR) is 67.8 cm³/mol. The van der Waals surface area contributed by atoms with Gasteiger partial charge in [-0.15, -0.1) is 0 Å². The summed E-state index contributed by atoms with van der Waals surface area (Å²) in [6.45, 7) is 0.264. The van der Waals surface area contributed by atoms with Crippen molar-refractivity contribution in [1.82, 2.24) is 19.5 Å². The Morgan fingerprint density at radius 1 is 1.33 bits per heavy atom. The van der Waals surface area contributed by atoms with Gasteiger partial charge in [-0.2, -0.15) is 0 Å². The molecule has 1 fully saturated rings. The van der Waals surface area contributed by atoms with Crippen LogP contribution in [0.3, 0.4) is 0 Å². The maximum atomic E-state index is 9.29. The van der Waals surface area contributed by atoms with Gasteiger partial charge in [-0.05, 0) is 25.2 Å². The molecule has 1 aliphatic rings. The fraction of sp³-hybridized carbons (Fsp3) is 0.583.